The minimum Gasteiger partial charge on any atom is -0.299 e. The first-order valence-corrected chi connectivity index (χ1v) is 5.81. The highest BCUT2D eigenvalue weighted by Gasteiger charge is 2.04. The van der Waals surface area contributed by atoms with E-state index in [-0.39, 0.29) is 0 Å². The number of hydrogen-bond donors (Lipinski definition) is 0. The van der Waals surface area contributed by atoms with Crippen LogP contribution in [0.15, 0.2) is 48.8 Å². The average Bonchev–Trinajstić information content (AvgIpc) is 2.73. The summed E-state index contributed by atoms with van der Waals surface area (Å²) < 4.78 is 2.06. The molecule has 3 rings (SSSR count). The molecule has 0 aliphatic carbocycles. The largest absolute Gasteiger partial charge is 0.299 e. The van der Waals surface area contributed by atoms with Gasteiger partial charge in [-0.05, 0) is 37.3 Å². The van der Waals surface area contributed by atoms with E-state index in [1.807, 2.05) is 24.5 Å². The normalized spacial score (nSPS) is 10.9. The summed E-state index contributed by atoms with van der Waals surface area (Å²) in [6, 6.07) is 14.1. The van der Waals surface area contributed by atoms with Gasteiger partial charge < -0.3 is 0 Å². The van der Waals surface area contributed by atoms with E-state index in [0.717, 1.165) is 16.7 Å². The maximum atomic E-state index is 5.95. The number of hydrogen-bond acceptors (Lipinski definition) is 1. The number of imidazole rings is 1. The number of fused-ring (bicyclic) bond motifs is 1. The van der Waals surface area contributed by atoms with E-state index in [1.165, 1.54) is 5.56 Å². The highest BCUT2D eigenvalue weighted by atomic mass is 35.5. The van der Waals surface area contributed by atoms with Crippen molar-refractivity contribution in [3.05, 3.63) is 59.4 Å². The summed E-state index contributed by atoms with van der Waals surface area (Å²) in [6.07, 6.45) is 1.83. The van der Waals surface area contributed by atoms with Gasteiger partial charge in [-0.25, -0.2) is 4.98 Å². The smallest absolute Gasteiger partial charge is 0.100 e. The Morgan fingerprint density at radius 1 is 1.06 bits per heavy atom. The fourth-order valence-corrected chi connectivity index (χ4v) is 2.06. The summed E-state index contributed by atoms with van der Waals surface area (Å²) in [5, 5.41) is 0.714. The van der Waals surface area contributed by atoms with Gasteiger partial charge in [0.15, 0.2) is 0 Å². The van der Waals surface area contributed by atoms with Crippen LogP contribution in [0.1, 0.15) is 5.56 Å². The molecule has 0 aliphatic heterocycles. The van der Waals surface area contributed by atoms with Gasteiger partial charge >= 0.3 is 0 Å². The van der Waals surface area contributed by atoms with Crippen molar-refractivity contribution in [3.63, 3.8) is 0 Å². The molecule has 0 aliphatic rings. The summed E-state index contributed by atoms with van der Waals surface area (Å²) in [5.74, 6) is 0. The third-order valence-electron chi connectivity index (χ3n) is 2.82. The molecule has 0 amide bonds. The highest BCUT2D eigenvalue weighted by molar-refractivity contribution is 6.31. The Morgan fingerprint density at radius 2 is 1.82 bits per heavy atom. The average molecular weight is 243 g/mol. The van der Waals surface area contributed by atoms with E-state index in [2.05, 4.69) is 40.7 Å². The lowest BCUT2D eigenvalue weighted by molar-refractivity contribution is 1.09. The Hall–Kier alpha value is -1.80. The third kappa shape index (κ3) is 1.81. The summed E-state index contributed by atoms with van der Waals surface area (Å²) >= 11 is 5.95. The van der Waals surface area contributed by atoms with Crippen molar-refractivity contribution in [2.75, 3.05) is 0 Å². The Bertz CT molecular complexity index is 668. The number of halogens is 1. The third-order valence-corrected chi connectivity index (χ3v) is 3.06. The van der Waals surface area contributed by atoms with Crippen molar-refractivity contribution in [2.45, 2.75) is 6.92 Å². The zero-order valence-corrected chi connectivity index (χ0v) is 10.1. The number of rotatable bonds is 1. The number of nitrogens with zero attached hydrogens (tertiary/aromatic N) is 2. The van der Waals surface area contributed by atoms with Crippen LogP contribution in [0.2, 0.25) is 5.02 Å². The Balaban J connectivity index is 2.21. The molecule has 0 bridgehead atoms. The van der Waals surface area contributed by atoms with Gasteiger partial charge in [-0.15, -0.1) is 0 Å². The molecule has 0 fully saturated rings. The van der Waals surface area contributed by atoms with Crippen LogP contribution in [-0.2, 0) is 0 Å². The first kappa shape index (κ1) is 10.4. The minimum absolute atomic E-state index is 0.714. The number of aromatic nitrogens is 2. The predicted octanol–water partition coefficient (Wildman–Crippen LogP) is 3.99. The van der Waals surface area contributed by atoms with Gasteiger partial charge in [0, 0.05) is 10.7 Å². The van der Waals surface area contributed by atoms with Crippen molar-refractivity contribution in [1.82, 2.24) is 9.55 Å². The molecule has 3 aromatic rings. The summed E-state index contributed by atoms with van der Waals surface area (Å²) in [7, 11) is 0. The van der Waals surface area contributed by atoms with Crippen molar-refractivity contribution in [1.29, 1.82) is 0 Å². The van der Waals surface area contributed by atoms with Crippen LogP contribution in [0.25, 0.3) is 16.7 Å². The van der Waals surface area contributed by atoms with E-state index in [9.17, 15) is 0 Å². The fourth-order valence-electron chi connectivity index (χ4n) is 1.90. The molecule has 0 spiro atoms. The second-order valence-electron chi connectivity index (χ2n) is 4.08. The second kappa shape index (κ2) is 3.90. The Labute approximate surface area is 104 Å². The van der Waals surface area contributed by atoms with Gasteiger partial charge in [0.1, 0.15) is 6.33 Å². The first-order valence-electron chi connectivity index (χ1n) is 5.44. The van der Waals surface area contributed by atoms with E-state index in [0.29, 0.717) is 5.02 Å². The van der Waals surface area contributed by atoms with E-state index >= 15 is 0 Å². The molecule has 1 heterocycles. The molecule has 0 saturated carbocycles. The van der Waals surface area contributed by atoms with Crippen LogP contribution in [0.3, 0.4) is 0 Å². The molecule has 17 heavy (non-hydrogen) atoms. The Kier molecular flexibility index (Phi) is 2.37. The van der Waals surface area contributed by atoms with Crippen LogP contribution >= 0.6 is 11.6 Å². The molecule has 2 aromatic carbocycles. The van der Waals surface area contributed by atoms with Gasteiger partial charge in [-0.2, -0.15) is 0 Å². The van der Waals surface area contributed by atoms with Gasteiger partial charge in [-0.1, -0.05) is 29.3 Å². The molecular formula is C14H11ClN2. The molecule has 0 radical (unpaired) electrons. The van der Waals surface area contributed by atoms with Crippen LogP contribution in [0.5, 0.6) is 0 Å². The van der Waals surface area contributed by atoms with Crippen LogP contribution in [-0.4, -0.2) is 9.55 Å². The van der Waals surface area contributed by atoms with Crippen LogP contribution < -0.4 is 0 Å². The fraction of sp³-hybridized carbons (Fsp3) is 0.0714. The summed E-state index contributed by atoms with van der Waals surface area (Å²) in [6.45, 7) is 2.08. The molecule has 0 unspecified atom stereocenters. The quantitative estimate of drug-likeness (QED) is 0.631. The predicted molar refractivity (Wildman–Crippen MR) is 70.8 cm³/mol. The minimum atomic E-state index is 0.714. The molecular weight excluding hydrogens is 232 g/mol. The SMILES string of the molecule is Cc1ccc(-n2cnc3cc(Cl)ccc32)cc1. The maximum absolute atomic E-state index is 5.95. The van der Waals surface area contributed by atoms with Crippen molar-refractivity contribution in [3.8, 4) is 5.69 Å². The van der Waals surface area contributed by atoms with Gasteiger partial charge in [0.25, 0.3) is 0 Å². The van der Waals surface area contributed by atoms with E-state index < -0.39 is 0 Å². The van der Waals surface area contributed by atoms with E-state index in [1.54, 1.807) is 0 Å². The van der Waals surface area contributed by atoms with E-state index in [4.69, 9.17) is 11.6 Å². The van der Waals surface area contributed by atoms with Gasteiger partial charge in [0.2, 0.25) is 0 Å². The molecule has 0 atom stereocenters. The number of benzene rings is 2. The lowest BCUT2D eigenvalue weighted by Crippen LogP contribution is -1.91. The molecule has 84 valence electrons. The first-order chi connectivity index (χ1) is 8.24. The molecule has 3 heteroatoms. The van der Waals surface area contributed by atoms with Crippen LogP contribution in [0, 0.1) is 6.92 Å². The molecule has 0 saturated heterocycles. The molecule has 0 N–H and O–H groups in total. The van der Waals surface area contributed by atoms with Crippen molar-refractivity contribution >= 4 is 22.6 Å². The molecule has 2 nitrogen and oxygen atoms in total. The Morgan fingerprint density at radius 3 is 2.59 bits per heavy atom. The lowest BCUT2D eigenvalue weighted by atomic mass is 10.2. The summed E-state index contributed by atoms with van der Waals surface area (Å²) in [5.41, 5.74) is 4.35. The van der Waals surface area contributed by atoms with Gasteiger partial charge in [0.05, 0.1) is 11.0 Å². The van der Waals surface area contributed by atoms with Crippen molar-refractivity contribution in [2.24, 2.45) is 0 Å². The number of aryl methyl sites for hydroxylation is 1. The zero-order chi connectivity index (χ0) is 11.8. The standard InChI is InChI=1S/C14H11ClN2/c1-10-2-5-12(6-3-10)17-9-16-13-8-11(15)4-7-14(13)17/h2-9H,1H3. The zero-order valence-electron chi connectivity index (χ0n) is 9.39. The summed E-state index contributed by atoms with van der Waals surface area (Å²) in [4.78, 5) is 4.36. The topological polar surface area (TPSA) is 17.8 Å². The maximum Gasteiger partial charge on any atom is 0.100 e. The van der Waals surface area contributed by atoms with Crippen molar-refractivity contribution < 1.29 is 0 Å². The molecule has 1 aromatic heterocycles. The second-order valence-corrected chi connectivity index (χ2v) is 4.52. The highest BCUT2D eigenvalue weighted by Crippen LogP contribution is 2.21. The van der Waals surface area contributed by atoms with Crippen LogP contribution in [0.4, 0.5) is 0 Å². The lowest BCUT2D eigenvalue weighted by Gasteiger charge is -2.04. The van der Waals surface area contributed by atoms with Gasteiger partial charge in [-0.3, -0.25) is 4.57 Å². The monoisotopic (exact) mass is 242 g/mol.